The van der Waals surface area contributed by atoms with Gasteiger partial charge < -0.3 is 15.5 Å². The predicted octanol–water partition coefficient (Wildman–Crippen LogP) is -1.41. The van der Waals surface area contributed by atoms with Crippen molar-refractivity contribution in [3.8, 4) is 0 Å². The van der Waals surface area contributed by atoms with E-state index in [2.05, 4.69) is 20.6 Å². The summed E-state index contributed by atoms with van der Waals surface area (Å²) in [4.78, 5) is 17.3. The normalized spacial score (nSPS) is 14.4. The maximum absolute atomic E-state index is 10.6. The van der Waals surface area contributed by atoms with Gasteiger partial charge in [-0.05, 0) is 6.42 Å². The molecule has 0 spiro atoms. The Balaban J connectivity index is 2.40. The van der Waals surface area contributed by atoms with Gasteiger partial charge >= 0.3 is 7.60 Å². The number of nitrogens with zero attached hydrogens (tertiary/aromatic N) is 3. The summed E-state index contributed by atoms with van der Waals surface area (Å²) in [7, 11) is -4.18. The number of aromatic amines is 1. The van der Waals surface area contributed by atoms with Gasteiger partial charge in [-0.2, -0.15) is 5.21 Å². The van der Waals surface area contributed by atoms with Crippen LogP contribution in [0.1, 0.15) is 12.2 Å². The molecule has 0 aliphatic heterocycles. The van der Waals surface area contributed by atoms with Crippen molar-refractivity contribution in [2.75, 3.05) is 0 Å². The Morgan fingerprint density at radius 3 is 2.77 bits per heavy atom. The number of tetrazole rings is 1. The minimum absolute atomic E-state index is 0.129. The first kappa shape index (κ1) is 10.3. The highest BCUT2D eigenvalue weighted by Crippen LogP contribution is 2.39. The fourth-order valence-corrected chi connectivity index (χ4v) is 1.20. The largest absolute Gasteiger partial charge is 0.342 e. The molecule has 1 aromatic rings. The van der Waals surface area contributed by atoms with Crippen LogP contribution < -0.4 is 5.73 Å². The van der Waals surface area contributed by atoms with Gasteiger partial charge in [0.25, 0.3) is 0 Å². The zero-order valence-corrected chi connectivity index (χ0v) is 7.55. The van der Waals surface area contributed by atoms with Crippen LogP contribution in [0.15, 0.2) is 0 Å². The van der Waals surface area contributed by atoms with Gasteiger partial charge in [-0.25, -0.2) is 0 Å². The van der Waals surface area contributed by atoms with Crippen LogP contribution in [0.4, 0.5) is 0 Å². The molecule has 1 rings (SSSR count). The molecule has 5 N–H and O–H groups in total. The number of aromatic nitrogens is 4. The second-order valence-electron chi connectivity index (χ2n) is 2.52. The molecule has 0 bridgehead atoms. The van der Waals surface area contributed by atoms with Gasteiger partial charge in [0.1, 0.15) is 5.78 Å². The van der Waals surface area contributed by atoms with Crippen molar-refractivity contribution in [2.24, 2.45) is 5.73 Å². The Morgan fingerprint density at radius 1 is 1.62 bits per heavy atom. The number of hydrogen-bond donors (Lipinski definition) is 4. The first-order valence-corrected chi connectivity index (χ1v) is 5.21. The molecule has 1 heterocycles. The van der Waals surface area contributed by atoms with Crippen molar-refractivity contribution >= 4 is 7.60 Å². The summed E-state index contributed by atoms with van der Waals surface area (Å²) in [6, 6.07) is 0. The maximum atomic E-state index is 10.6. The van der Waals surface area contributed by atoms with E-state index in [0.29, 0.717) is 12.2 Å². The van der Waals surface area contributed by atoms with Crippen LogP contribution in [0.25, 0.3) is 0 Å². The third kappa shape index (κ3) is 3.19. The average Bonchev–Trinajstić information content (AvgIpc) is 2.50. The van der Waals surface area contributed by atoms with E-state index >= 15 is 0 Å². The molecular weight excluding hydrogens is 197 g/mol. The molecule has 1 atom stereocenters. The van der Waals surface area contributed by atoms with E-state index in [1.165, 1.54) is 0 Å². The molecule has 8 nitrogen and oxygen atoms in total. The van der Waals surface area contributed by atoms with E-state index in [9.17, 15) is 4.57 Å². The second-order valence-corrected chi connectivity index (χ2v) is 4.36. The lowest BCUT2D eigenvalue weighted by Gasteiger charge is -2.11. The third-order valence-electron chi connectivity index (χ3n) is 1.48. The van der Waals surface area contributed by atoms with Crippen molar-refractivity contribution in [3.63, 3.8) is 0 Å². The van der Waals surface area contributed by atoms with E-state index in [1.807, 2.05) is 0 Å². The van der Waals surface area contributed by atoms with Crippen molar-refractivity contribution < 1.29 is 14.4 Å². The van der Waals surface area contributed by atoms with Crippen molar-refractivity contribution in [1.82, 2.24) is 20.6 Å². The van der Waals surface area contributed by atoms with Gasteiger partial charge in [0, 0.05) is 6.42 Å². The SMILES string of the molecule is NC(CCc1nn[nH]n1)P(=O)(O)O. The summed E-state index contributed by atoms with van der Waals surface area (Å²) in [5.74, 6) is -0.769. The van der Waals surface area contributed by atoms with E-state index in [4.69, 9.17) is 15.5 Å². The van der Waals surface area contributed by atoms with Crippen LogP contribution >= 0.6 is 7.60 Å². The summed E-state index contributed by atoms with van der Waals surface area (Å²) in [6.45, 7) is 0. The summed E-state index contributed by atoms with van der Waals surface area (Å²) in [5.41, 5.74) is 5.22. The zero-order chi connectivity index (χ0) is 9.90. The Morgan fingerprint density at radius 2 is 2.31 bits per heavy atom. The minimum Gasteiger partial charge on any atom is -0.323 e. The van der Waals surface area contributed by atoms with Crippen molar-refractivity contribution in [3.05, 3.63) is 5.82 Å². The molecule has 0 amide bonds. The molecular formula is C4H10N5O3P. The monoisotopic (exact) mass is 207 g/mol. The average molecular weight is 207 g/mol. The number of aryl methyl sites for hydroxylation is 1. The van der Waals surface area contributed by atoms with Crippen LogP contribution in [-0.2, 0) is 11.0 Å². The van der Waals surface area contributed by atoms with Gasteiger partial charge in [0.2, 0.25) is 0 Å². The van der Waals surface area contributed by atoms with Gasteiger partial charge in [-0.3, -0.25) is 4.57 Å². The Bertz CT molecular complexity index is 295. The molecule has 0 saturated carbocycles. The number of nitrogens with two attached hydrogens (primary N) is 1. The summed E-state index contributed by atoms with van der Waals surface area (Å²) < 4.78 is 10.6. The standard InChI is InChI=1S/C4H10N5O3P/c5-3(13(10,11)12)1-2-4-6-8-9-7-4/h3H,1-2,5H2,(H2,10,11,12)(H,6,7,8,9). The smallest absolute Gasteiger partial charge is 0.323 e. The highest BCUT2D eigenvalue weighted by atomic mass is 31.2. The zero-order valence-electron chi connectivity index (χ0n) is 6.66. The number of rotatable bonds is 4. The van der Waals surface area contributed by atoms with Gasteiger partial charge in [-0.15, -0.1) is 10.2 Å². The van der Waals surface area contributed by atoms with E-state index in [-0.39, 0.29) is 6.42 Å². The fourth-order valence-electron chi connectivity index (χ4n) is 0.734. The molecule has 74 valence electrons. The highest BCUT2D eigenvalue weighted by molar-refractivity contribution is 7.52. The van der Waals surface area contributed by atoms with Gasteiger partial charge in [0.05, 0.1) is 0 Å². The molecule has 0 aromatic carbocycles. The molecule has 0 aliphatic rings. The first-order valence-electron chi connectivity index (χ1n) is 3.53. The summed E-state index contributed by atoms with van der Waals surface area (Å²) >= 11 is 0. The lowest BCUT2D eigenvalue weighted by Crippen LogP contribution is -2.20. The quantitative estimate of drug-likeness (QED) is 0.445. The molecule has 0 fully saturated rings. The fraction of sp³-hybridized carbons (Fsp3) is 0.750. The molecule has 0 saturated heterocycles. The van der Waals surface area contributed by atoms with Crippen LogP contribution in [-0.4, -0.2) is 36.2 Å². The van der Waals surface area contributed by atoms with Crippen LogP contribution in [0.5, 0.6) is 0 Å². The number of hydrogen-bond acceptors (Lipinski definition) is 5. The van der Waals surface area contributed by atoms with Crippen LogP contribution in [0, 0.1) is 0 Å². The molecule has 0 aliphatic carbocycles. The number of H-pyrrole nitrogens is 1. The number of nitrogens with one attached hydrogen (secondary N) is 1. The molecule has 0 radical (unpaired) electrons. The summed E-state index contributed by atoms with van der Waals surface area (Å²) in [5, 5.41) is 12.7. The predicted molar refractivity (Wildman–Crippen MR) is 42.5 cm³/mol. The van der Waals surface area contributed by atoms with Gasteiger partial charge in [-0.1, -0.05) is 5.21 Å². The van der Waals surface area contributed by atoms with Crippen LogP contribution in [0.3, 0.4) is 0 Å². The van der Waals surface area contributed by atoms with Gasteiger partial charge in [0.15, 0.2) is 5.82 Å². The topological polar surface area (TPSA) is 138 Å². The van der Waals surface area contributed by atoms with E-state index in [1.54, 1.807) is 0 Å². The first-order chi connectivity index (χ1) is 6.00. The van der Waals surface area contributed by atoms with Crippen molar-refractivity contribution in [1.29, 1.82) is 0 Å². The lowest BCUT2D eigenvalue weighted by molar-refractivity contribution is 0.355. The van der Waals surface area contributed by atoms with Crippen LogP contribution in [0.2, 0.25) is 0 Å². The lowest BCUT2D eigenvalue weighted by atomic mass is 10.3. The van der Waals surface area contributed by atoms with E-state index in [0.717, 1.165) is 0 Å². The Labute approximate surface area is 73.7 Å². The minimum atomic E-state index is -4.18. The summed E-state index contributed by atoms with van der Waals surface area (Å²) in [6.07, 6.45) is 0.423. The molecule has 1 aromatic heterocycles. The Hall–Kier alpha value is -0.820. The Kier molecular flexibility index (Phi) is 3.10. The molecule has 13 heavy (non-hydrogen) atoms. The third-order valence-corrected chi connectivity index (χ3v) is 2.61. The molecule has 9 heteroatoms. The van der Waals surface area contributed by atoms with E-state index < -0.39 is 13.4 Å². The second kappa shape index (κ2) is 3.93. The van der Waals surface area contributed by atoms with Crippen molar-refractivity contribution in [2.45, 2.75) is 18.6 Å². The highest BCUT2D eigenvalue weighted by Gasteiger charge is 2.24. The molecule has 1 unspecified atom stereocenters. The maximum Gasteiger partial charge on any atom is 0.342 e.